The predicted octanol–water partition coefficient (Wildman–Crippen LogP) is 1.85. The van der Waals surface area contributed by atoms with Gasteiger partial charge in [-0.1, -0.05) is 18.2 Å². The van der Waals surface area contributed by atoms with E-state index >= 15 is 0 Å². The summed E-state index contributed by atoms with van der Waals surface area (Å²) in [6, 6.07) is 8.84. The fourth-order valence-corrected chi connectivity index (χ4v) is 2.02. The third-order valence-corrected chi connectivity index (χ3v) is 3.42. The Bertz CT molecular complexity index is 716. The van der Waals surface area contributed by atoms with Crippen molar-refractivity contribution >= 4 is 23.2 Å². The van der Waals surface area contributed by atoms with Crippen LogP contribution in [0, 0.1) is 6.92 Å². The number of H-pyrrole nitrogens is 1. The van der Waals surface area contributed by atoms with Crippen LogP contribution in [0.25, 0.3) is 5.69 Å². The molecule has 1 atom stereocenters. The number of benzene rings is 1. The Morgan fingerprint density at radius 3 is 2.40 bits per heavy atom. The van der Waals surface area contributed by atoms with E-state index in [2.05, 4.69) is 5.10 Å². The van der Waals surface area contributed by atoms with Crippen molar-refractivity contribution in [3.63, 3.8) is 0 Å². The largest absolute Gasteiger partial charge is 0.298 e. The van der Waals surface area contributed by atoms with E-state index in [0.29, 0.717) is 11.4 Å². The maximum absolute atomic E-state index is 12.3. The molecule has 6 heteroatoms. The maximum atomic E-state index is 12.3. The molecule has 2 rings (SSSR count). The van der Waals surface area contributed by atoms with Gasteiger partial charge < -0.3 is 0 Å². The molecule has 0 amide bonds. The third-order valence-electron chi connectivity index (χ3n) is 2.92. The Morgan fingerprint density at radius 1 is 1.25 bits per heavy atom. The molecule has 20 heavy (non-hydrogen) atoms. The van der Waals surface area contributed by atoms with Gasteiger partial charge in [-0.3, -0.25) is 19.5 Å². The van der Waals surface area contributed by atoms with Gasteiger partial charge in [-0.25, -0.2) is 4.68 Å². The standard InChI is InChI=1S/C14H13ClN2O3/c1-8-11(13(19)12(15)9(2)18)14(20)17(16-8)10-6-4-3-5-7-10/h3-7,12,16H,1-2H3/t12-/m1/s1. The molecule has 1 aromatic carbocycles. The van der Waals surface area contributed by atoms with Crippen LogP contribution in [0.2, 0.25) is 0 Å². The van der Waals surface area contributed by atoms with Crippen LogP contribution < -0.4 is 5.56 Å². The zero-order valence-corrected chi connectivity index (χ0v) is 11.8. The van der Waals surface area contributed by atoms with Gasteiger partial charge in [-0.05, 0) is 26.0 Å². The van der Waals surface area contributed by atoms with E-state index in [1.807, 2.05) is 6.07 Å². The normalized spacial score (nSPS) is 12.2. The number of halogens is 1. The molecule has 0 bridgehead atoms. The Morgan fingerprint density at radius 2 is 1.85 bits per heavy atom. The van der Waals surface area contributed by atoms with Gasteiger partial charge in [0.2, 0.25) is 0 Å². The molecule has 0 aliphatic heterocycles. The van der Waals surface area contributed by atoms with Crippen molar-refractivity contribution in [3.8, 4) is 5.69 Å². The van der Waals surface area contributed by atoms with Crippen molar-refractivity contribution in [1.29, 1.82) is 0 Å². The van der Waals surface area contributed by atoms with E-state index in [1.54, 1.807) is 31.2 Å². The lowest BCUT2D eigenvalue weighted by Crippen LogP contribution is -2.28. The van der Waals surface area contributed by atoms with Gasteiger partial charge in [0, 0.05) is 5.69 Å². The highest BCUT2D eigenvalue weighted by Gasteiger charge is 2.28. The van der Waals surface area contributed by atoms with Gasteiger partial charge in [0.25, 0.3) is 5.56 Å². The smallest absolute Gasteiger partial charge is 0.282 e. The Labute approximate surface area is 120 Å². The van der Waals surface area contributed by atoms with Crippen LogP contribution >= 0.6 is 11.6 Å². The molecule has 0 aliphatic rings. The molecule has 1 heterocycles. The average Bonchev–Trinajstić information content (AvgIpc) is 2.73. The zero-order chi connectivity index (χ0) is 14.9. The summed E-state index contributed by atoms with van der Waals surface area (Å²) >= 11 is 5.74. The number of hydrogen-bond acceptors (Lipinski definition) is 3. The monoisotopic (exact) mass is 292 g/mol. The van der Waals surface area contributed by atoms with Crippen molar-refractivity contribution in [2.24, 2.45) is 0 Å². The number of carbonyl (C=O) groups is 2. The van der Waals surface area contributed by atoms with Gasteiger partial charge in [-0.15, -0.1) is 11.6 Å². The van der Waals surface area contributed by atoms with E-state index in [0.717, 1.165) is 0 Å². The molecule has 0 radical (unpaired) electrons. The fraction of sp³-hybridized carbons (Fsp3) is 0.214. The second-order valence-electron chi connectivity index (χ2n) is 4.43. The van der Waals surface area contributed by atoms with Crippen molar-refractivity contribution in [2.45, 2.75) is 19.2 Å². The average molecular weight is 293 g/mol. The van der Waals surface area contributed by atoms with E-state index < -0.39 is 22.5 Å². The maximum Gasteiger partial charge on any atom is 0.282 e. The van der Waals surface area contributed by atoms with Crippen LogP contribution in [0.1, 0.15) is 23.0 Å². The molecule has 104 valence electrons. The summed E-state index contributed by atoms with van der Waals surface area (Å²) in [5.74, 6) is -1.16. The number of aromatic nitrogens is 2. The molecule has 0 spiro atoms. The summed E-state index contributed by atoms with van der Waals surface area (Å²) in [5.41, 5.74) is 0.402. The number of para-hydroxylation sites is 1. The number of aromatic amines is 1. The number of carbonyl (C=O) groups excluding carboxylic acids is 2. The quantitative estimate of drug-likeness (QED) is 0.531. The van der Waals surface area contributed by atoms with Crippen LogP contribution in [-0.2, 0) is 4.79 Å². The van der Waals surface area contributed by atoms with Crippen molar-refractivity contribution in [2.75, 3.05) is 0 Å². The van der Waals surface area contributed by atoms with Crippen molar-refractivity contribution in [1.82, 2.24) is 9.78 Å². The highest BCUT2D eigenvalue weighted by atomic mass is 35.5. The molecule has 0 fully saturated rings. The second kappa shape index (κ2) is 5.46. The van der Waals surface area contributed by atoms with Crippen LogP contribution in [0.4, 0.5) is 0 Å². The summed E-state index contributed by atoms with van der Waals surface area (Å²) in [6.07, 6.45) is 0. The SMILES string of the molecule is CC(=O)[C@@H](Cl)C(=O)c1c(C)[nH]n(-c2ccccc2)c1=O. The number of nitrogens with one attached hydrogen (secondary N) is 1. The first kappa shape index (κ1) is 14.3. The molecular weight excluding hydrogens is 280 g/mol. The lowest BCUT2D eigenvalue weighted by atomic mass is 10.1. The van der Waals surface area contributed by atoms with Crippen LogP contribution in [0.15, 0.2) is 35.1 Å². The first-order valence-electron chi connectivity index (χ1n) is 5.99. The summed E-state index contributed by atoms with van der Waals surface area (Å²) in [6.45, 7) is 2.81. The topological polar surface area (TPSA) is 71.9 Å². The first-order valence-corrected chi connectivity index (χ1v) is 6.43. The Kier molecular flexibility index (Phi) is 3.90. The summed E-state index contributed by atoms with van der Waals surface area (Å²) < 4.78 is 1.26. The summed E-state index contributed by atoms with van der Waals surface area (Å²) in [5, 5.41) is 1.49. The molecule has 0 unspecified atom stereocenters. The number of aryl methyl sites for hydroxylation is 1. The molecule has 1 aromatic heterocycles. The Hall–Kier alpha value is -2.14. The number of hydrogen-bond donors (Lipinski definition) is 1. The van der Waals surface area contributed by atoms with Gasteiger partial charge in [-0.2, -0.15) is 0 Å². The van der Waals surface area contributed by atoms with Crippen LogP contribution in [-0.4, -0.2) is 26.7 Å². The molecule has 0 aliphatic carbocycles. The number of alkyl halides is 1. The second-order valence-corrected chi connectivity index (χ2v) is 4.86. The minimum Gasteiger partial charge on any atom is -0.298 e. The molecular formula is C14H13ClN2O3. The fourth-order valence-electron chi connectivity index (χ4n) is 1.91. The molecule has 0 saturated carbocycles. The highest BCUT2D eigenvalue weighted by Crippen LogP contribution is 2.12. The number of ketones is 2. The number of Topliss-reactive ketones (excluding diaryl/α,β-unsaturated/α-hetero) is 2. The van der Waals surface area contributed by atoms with E-state index in [4.69, 9.17) is 11.6 Å². The highest BCUT2D eigenvalue weighted by molar-refractivity contribution is 6.44. The van der Waals surface area contributed by atoms with Crippen LogP contribution in [0.5, 0.6) is 0 Å². The summed E-state index contributed by atoms with van der Waals surface area (Å²) in [4.78, 5) is 35.6. The van der Waals surface area contributed by atoms with Crippen LogP contribution in [0.3, 0.4) is 0 Å². The molecule has 5 nitrogen and oxygen atoms in total. The van der Waals surface area contributed by atoms with Gasteiger partial charge in [0.15, 0.2) is 16.9 Å². The van der Waals surface area contributed by atoms with Crippen molar-refractivity contribution < 1.29 is 9.59 Å². The molecule has 1 N–H and O–H groups in total. The molecule has 0 saturated heterocycles. The van der Waals surface area contributed by atoms with E-state index in [-0.39, 0.29) is 5.56 Å². The first-order chi connectivity index (χ1) is 9.43. The lowest BCUT2D eigenvalue weighted by Gasteiger charge is -2.02. The Balaban J connectivity index is 2.53. The van der Waals surface area contributed by atoms with Gasteiger partial charge in [0.1, 0.15) is 5.56 Å². The third kappa shape index (κ3) is 2.44. The van der Waals surface area contributed by atoms with E-state index in [9.17, 15) is 14.4 Å². The lowest BCUT2D eigenvalue weighted by molar-refractivity contribution is -0.115. The number of rotatable bonds is 4. The summed E-state index contributed by atoms with van der Waals surface area (Å²) in [7, 11) is 0. The van der Waals surface area contributed by atoms with Crippen molar-refractivity contribution in [3.05, 3.63) is 51.9 Å². The van der Waals surface area contributed by atoms with E-state index in [1.165, 1.54) is 11.6 Å². The van der Waals surface area contributed by atoms with Gasteiger partial charge in [0.05, 0.1) is 5.69 Å². The predicted molar refractivity (Wildman–Crippen MR) is 75.8 cm³/mol. The number of nitrogens with zero attached hydrogens (tertiary/aromatic N) is 1. The zero-order valence-electron chi connectivity index (χ0n) is 11.0. The minimum absolute atomic E-state index is 0.0796. The van der Waals surface area contributed by atoms with Gasteiger partial charge >= 0.3 is 0 Å². The minimum atomic E-state index is -1.33. The molecule has 2 aromatic rings.